The molecule has 0 radical (unpaired) electrons. The lowest BCUT2D eigenvalue weighted by Gasteiger charge is -2.21. The molecule has 0 aliphatic rings. The van der Waals surface area contributed by atoms with Crippen molar-refractivity contribution in [3.8, 4) is 0 Å². The van der Waals surface area contributed by atoms with Crippen LogP contribution in [0.3, 0.4) is 0 Å². The van der Waals surface area contributed by atoms with E-state index < -0.39 is 0 Å². The van der Waals surface area contributed by atoms with Crippen molar-refractivity contribution in [2.24, 2.45) is 5.73 Å². The zero-order valence-corrected chi connectivity index (χ0v) is 13.1. The summed E-state index contributed by atoms with van der Waals surface area (Å²) < 4.78 is 5.22. The van der Waals surface area contributed by atoms with Gasteiger partial charge in [-0.25, -0.2) is 4.98 Å². The molecule has 102 valence electrons. The molecule has 0 fully saturated rings. The fraction of sp³-hybridized carbons (Fsp3) is 0.429. The molecule has 0 spiro atoms. The summed E-state index contributed by atoms with van der Waals surface area (Å²) in [5.41, 5.74) is 8.81. The molecule has 1 aromatic carbocycles. The second-order valence-corrected chi connectivity index (χ2v) is 6.77. The molecular formula is C14H19N3S2. The maximum Gasteiger partial charge on any atom is 0.170 e. The standard InChI is InChI=1S/C14H19N3S2/c1-4-12(15)13(11-7-5-9(2)6-8-11)18-14-16-10(3)17-19-14/h5-8,12-13H,4,15H2,1-3H3. The molecule has 0 aliphatic heterocycles. The van der Waals surface area contributed by atoms with Crippen LogP contribution < -0.4 is 5.73 Å². The minimum atomic E-state index is 0.122. The SMILES string of the molecule is CCC(N)C(Sc1nc(C)ns1)c1ccc(C)cc1. The van der Waals surface area contributed by atoms with Gasteiger partial charge in [-0.2, -0.15) is 4.37 Å². The fourth-order valence-electron chi connectivity index (χ4n) is 1.81. The van der Waals surface area contributed by atoms with Crippen LogP contribution in [0.2, 0.25) is 0 Å². The Balaban J connectivity index is 2.23. The highest BCUT2D eigenvalue weighted by Gasteiger charge is 2.21. The highest BCUT2D eigenvalue weighted by Crippen LogP contribution is 2.38. The van der Waals surface area contributed by atoms with Crippen molar-refractivity contribution in [1.82, 2.24) is 9.36 Å². The monoisotopic (exact) mass is 293 g/mol. The van der Waals surface area contributed by atoms with E-state index in [-0.39, 0.29) is 11.3 Å². The number of nitrogens with zero attached hydrogens (tertiary/aromatic N) is 2. The van der Waals surface area contributed by atoms with Gasteiger partial charge in [0.2, 0.25) is 0 Å². The molecule has 0 bridgehead atoms. The van der Waals surface area contributed by atoms with E-state index in [0.717, 1.165) is 16.6 Å². The molecule has 2 rings (SSSR count). The number of nitrogens with two attached hydrogens (primary N) is 1. The third kappa shape index (κ3) is 3.78. The molecule has 19 heavy (non-hydrogen) atoms. The predicted octanol–water partition coefficient (Wildman–Crippen LogP) is 3.73. The summed E-state index contributed by atoms with van der Waals surface area (Å²) in [7, 11) is 0. The van der Waals surface area contributed by atoms with Crippen molar-refractivity contribution >= 4 is 23.3 Å². The van der Waals surface area contributed by atoms with Gasteiger partial charge in [0, 0.05) is 6.04 Å². The van der Waals surface area contributed by atoms with E-state index in [1.54, 1.807) is 11.8 Å². The van der Waals surface area contributed by atoms with Crippen LogP contribution in [0.15, 0.2) is 28.6 Å². The molecule has 2 aromatic rings. The zero-order chi connectivity index (χ0) is 13.8. The summed E-state index contributed by atoms with van der Waals surface area (Å²) in [6.07, 6.45) is 0.948. The number of benzene rings is 1. The van der Waals surface area contributed by atoms with E-state index in [0.29, 0.717) is 0 Å². The van der Waals surface area contributed by atoms with Crippen LogP contribution >= 0.6 is 23.3 Å². The van der Waals surface area contributed by atoms with Crippen molar-refractivity contribution in [2.75, 3.05) is 0 Å². The normalized spacial score (nSPS) is 14.3. The van der Waals surface area contributed by atoms with Crippen molar-refractivity contribution < 1.29 is 0 Å². The van der Waals surface area contributed by atoms with E-state index in [1.165, 1.54) is 22.7 Å². The Morgan fingerprint density at radius 1 is 1.26 bits per heavy atom. The average molecular weight is 293 g/mol. The second-order valence-electron chi connectivity index (χ2n) is 4.63. The van der Waals surface area contributed by atoms with Crippen LogP contribution in [-0.2, 0) is 0 Å². The van der Waals surface area contributed by atoms with Crippen LogP contribution in [-0.4, -0.2) is 15.4 Å². The highest BCUT2D eigenvalue weighted by molar-refractivity contribution is 8.01. The molecule has 0 saturated heterocycles. The molecule has 1 heterocycles. The molecule has 1 aromatic heterocycles. The quantitative estimate of drug-likeness (QED) is 0.854. The van der Waals surface area contributed by atoms with Gasteiger partial charge in [-0.3, -0.25) is 0 Å². The lowest BCUT2D eigenvalue weighted by atomic mass is 10.0. The number of aromatic nitrogens is 2. The summed E-state index contributed by atoms with van der Waals surface area (Å²) in [6, 6.07) is 8.72. The smallest absolute Gasteiger partial charge is 0.170 e. The Kier molecular flexibility index (Phi) is 4.96. The topological polar surface area (TPSA) is 51.8 Å². The lowest BCUT2D eigenvalue weighted by molar-refractivity contribution is 0.634. The number of aryl methyl sites for hydroxylation is 2. The number of hydrogen-bond acceptors (Lipinski definition) is 5. The van der Waals surface area contributed by atoms with Crippen LogP contribution in [0.5, 0.6) is 0 Å². The maximum atomic E-state index is 6.28. The summed E-state index contributed by atoms with van der Waals surface area (Å²) in [5, 5.41) is 0.234. The van der Waals surface area contributed by atoms with Crippen molar-refractivity contribution in [1.29, 1.82) is 0 Å². The van der Waals surface area contributed by atoms with Gasteiger partial charge in [0.15, 0.2) is 4.34 Å². The van der Waals surface area contributed by atoms with Gasteiger partial charge in [0.25, 0.3) is 0 Å². The van der Waals surface area contributed by atoms with Crippen molar-refractivity contribution in [3.63, 3.8) is 0 Å². The first-order valence-corrected chi connectivity index (χ1v) is 8.04. The van der Waals surface area contributed by atoms with Gasteiger partial charge in [0.05, 0.1) is 5.25 Å². The largest absolute Gasteiger partial charge is 0.326 e. The van der Waals surface area contributed by atoms with E-state index in [2.05, 4.69) is 47.5 Å². The Morgan fingerprint density at radius 3 is 2.47 bits per heavy atom. The minimum Gasteiger partial charge on any atom is -0.326 e. The molecule has 3 nitrogen and oxygen atoms in total. The van der Waals surface area contributed by atoms with Crippen LogP contribution in [0.25, 0.3) is 0 Å². The van der Waals surface area contributed by atoms with Crippen molar-refractivity contribution in [3.05, 3.63) is 41.2 Å². The van der Waals surface area contributed by atoms with Crippen LogP contribution in [0.1, 0.15) is 35.5 Å². The third-order valence-corrected chi connectivity index (χ3v) is 5.29. The first-order chi connectivity index (χ1) is 9.10. The average Bonchev–Trinajstić information content (AvgIpc) is 2.82. The minimum absolute atomic E-state index is 0.122. The second kappa shape index (κ2) is 6.50. The Labute approximate surface area is 122 Å². The van der Waals surface area contributed by atoms with E-state index in [1.807, 2.05) is 6.92 Å². The number of thioether (sulfide) groups is 1. The van der Waals surface area contributed by atoms with Crippen molar-refractivity contribution in [2.45, 2.75) is 42.8 Å². The summed E-state index contributed by atoms with van der Waals surface area (Å²) >= 11 is 3.17. The van der Waals surface area contributed by atoms with Gasteiger partial charge in [-0.1, -0.05) is 48.5 Å². The molecule has 2 N–H and O–H groups in total. The molecule has 0 aliphatic carbocycles. The van der Waals surface area contributed by atoms with Crippen LogP contribution in [0.4, 0.5) is 0 Å². The first-order valence-electron chi connectivity index (χ1n) is 6.39. The van der Waals surface area contributed by atoms with E-state index in [9.17, 15) is 0 Å². The van der Waals surface area contributed by atoms with Gasteiger partial charge in [-0.15, -0.1) is 0 Å². The summed E-state index contributed by atoms with van der Waals surface area (Å²) in [5.74, 6) is 0.834. The van der Waals surface area contributed by atoms with Gasteiger partial charge >= 0.3 is 0 Å². The molecular weight excluding hydrogens is 274 g/mol. The number of hydrogen-bond donors (Lipinski definition) is 1. The zero-order valence-electron chi connectivity index (χ0n) is 11.5. The number of rotatable bonds is 5. The third-order valence-electron chi connectivity index (χ3n) is 3.00. The van der Waals surface area contributed by atoms with Gasteiger partial charge in [-0.05, 0) is 37.4 Å². The molecule has 2 unspecified atom stereocenters. The van der Waals surface area contributed by atoms with Gasteiger partial charge in [0.1, 0.15) is 5.82 Å². The van der Waals surface area contributed by atoms with Crippen LogP contribution in [0, 0.1) is 13.8 Å². The van der Waals surface area contributed by atoms with E-state index >= 15 is 0 Å². The molecule has 0 saturated carbocycles. The maximum absolute atomic E-state index is 6.28. The molecule has 2 atom stereocenters. The summed E-state index contributed by atoms with van der Waals surface area (Å²) in [6.45, 7) is 6.14. The molecule has 5 heteroatoms. The Bertz CT molecular complexity index is 522. The predicted molar refractivity (Wildman–Crippen MR) is 82.7 cm³/mol. The van der Waals surface area contributed by atoms with Gasteiger partial charge < -0.3 is 5.73 Å². The lowest BCUT2D eigenvalue weighted by Crippen LogP contribution is -2.25. The Morgan fingerprint density at radius 2 is 1.95 bits per heavy atom. The summed E-state index contributed by atoms with van der Waals surface area (Å²) in [4.78, 5) is 4.43. The van der Waals surface area contributed by atoms with E-state index in [4.69, 9.17) is 5.73 Å². The highest BCUT2D eigenvalue weighted by atomic mass is 32.2. The molecule has 0 amide bonds. The Hall–Kier alpha value is -0.910. The fourth-order valence-corrected chi connectivity index (χ4v) is 3.89. The first kappa shape index (κ1) is 14.5.